The van der Waals surface area contributed by atoms with Crippen LogP contribution < -0.4 is 11.0 Å². The monoisotopic (exact) mass is 386 g/mol. The third-order valence-electron chi connectivity index (χ3n) is 3.93. The van der Waals surface area contributed by atoms with Gasteiger partial charge in [-0.1, -0.05) is 54.2 Å². The van der Waals surface area contributed by atoms with Crippen molar-refractivity contribution >= 4 is 17.7 Å². The third-order valence-corrected chi connectivity index (χ3v) is 4.90. The van der Waals surface area contributed by atoms with E-state index < -0.39 is 0 Å². The van der Waals surface area contributed by atoms with E-state index in [4.69, 9.17) is 0 Å². The molecular weight excluding hydrogens is 367 g/mol. The number of halogens is 1. The Hall–Kier alpha value is -2.87. The van der Waals surface area contributed by atoms with Gasteiger partial charge in [0.25, 0.3) is 0 Å². The van der Waals surface area contributed by atoms with Gasteiger partial charge in [0.1, 0.15) is 5.82 Å². The van der Waals surface area contributed by atoms with E-state index in [1.54, 1.807) is 12.1 Å². The molecule has 1 amide bonds. The van der Waals surface area contributed by atoms with E-state index in [2.05, 4.69) is 15.5 Å². The highest BCUT2D eigenvalue weighted by Crippen LogP contribution is 2.13. The molecule has 0 aliphatic carbocycles. The maximum Gasteiger partial charge on any atom is 0.343 e. The Morgan fingerprint density at radius 1 is 1.11 bits per heavy atom. The van der Waals surface area contributed by atoms with Crippen molar-refractivity contribution < 1.29 is 9.18 Å². The average molecular weight is 386 g/mol. The molecule has 3 rings (SSSR count). The maximum absolute atomic E-state index is 12.9. The van der Waals surface area contributed by atoms with Crippen LogP contribution in [0.25, 0.3) is 0 Å². The Kier molecular flexibility index (Phi) is 6.43. The summed E-state index contributed by atoms with van der Waals surface area (Å²) in [7, 11) is 0. The van der Waals surface area contributed by atoms with Crippen molar-refractivity contribution in [2.24, 2.45) is 0 Å². The van der Waals surface area contributed by atoms with Crippen LogP contribution in [0.3, 0.4) is 0 Å². The van der Waals surface area contributed by atoms with Crippen LogP contribution in [0.1, 0.15) is 11.1 Å². The minimum atomic E-state index is -0.312. The van der Waals surface area contributed by atoms with Crippen molar-refractivity contribution in [3.05, 3.63) is 82.0 Å². The van der Waals surface area contributed by atoms with Crippen LogP contribution in [0, 0.1) is 5.82 Å². The number of hydrogen-bond donors (Lipinski definition) is 2. The van der Waals surface area contributed by atoms with Crippen molar-refractivity contribution in [3.63, 3.8) is 0 Å². The molecule has 0 fully saturated rings. The molecule has 1 heterocycles. The van der Waals surface area contributed by atoms with E-state index in [9.17, 15) is 14.0 Å². The zero-order chi connectivity index (χ0) is 19.1. The number of nitrogens with zero attached hydrogens (tertiary/aromatic N) is 2. The molecule has 0 radical (unpaired) electrons. The number of carbonyl (C=O) groups excluding carboxylic acids is 1. The molecule has 0 saturated heterocycles. The smallest absolute Gasteiger partial charge is 0.343 e. The molecule has 0 aliphatic rings. The van der Waals surface area contributed by atoms with E-state index in [0.717, 1.165) is 11.1 Å². The van der Waals surface area contributed by atoms with Crippen LogP contribution in [-0.4, -0.2) is 26.4 Å². The first-order valence-corrected chi connectivity index (χ1v) is 9.43. The van der Waals surface area contributed by atoms with Gasteiger partial charge in [0, 0.05) is 13.1 Å². The standard InChI is InChI=1S/C19H19FN4O2S/c20-16-8-6-15(7-9-16)12-21-17(25)13-27-19-23-22-18(26)24(19)11-10-14-4-2-1-3-5-14/h1-9H,10-13H2,(H,21,25)(H,22,26). The number of H-pyrrole nitrogens is 1. The van der Waals surface area contributed by atoms with Crippen LogP contribution in [0.4, 0.5) is 4.39 Å². The van der Waals surface area contributed by atoms with E-state index in [-0.39, 0.29) is 23.2 Å². The molecule has 140 valence electrons. The summed E-state index contributed by atoms with van der Waals surface area (Å²) in [6.07, 6.45) is 0.699. The predicted octanol–water partition coefficient (Wildman–Crippen LogP) is 2.36. The summed E-state index contributed by atoms with van der Waals surface area (Å²) in [5.74, 6) is -0.362. The van der Waals surface area contributed by atoms with Crippen molar-refractivity contribution in [1.29, 1.82) is 0 Å². The summed E-state index contributed by atoms with van der Waals surface area (Å²) in [5, 5.41) is 9.67. The van der Waals surface area contributed by atoms with Gasteiger partial charge in [-0.15, -0.1) is 5.10 Å². The number of carbonyl (C=O) groups is 1. The highest BCUT2D eigenvalue weighted by molar-refractivity contribution is 7.99. The molecule has 6 nitrogen and oxygen atoms in total. The van der Waals surface area contributed by atoms with Gasteiger partial charge in [-0.25, -0.2) is 14.3 Å². The lowest BCUT2D eigenvalue weighted by molar-refractivity contribution is -0.118. The summed E-state index contributed by atoms with van der Waals surface area (Å²) in [6, 6.07) is 15.8. The number of amides is 1. The molecule has 0 aliphatic heterocycles. The molecule has 8 heteroatoms. The summed E-state index contributed by atoms with van der Waals surface area (Å²) < 4.78 is 14.4. The first-order chi connectivity index (χ1) is 13.1. The molecule has 0 spiro atoms. The zero-order valence-corrected chi connectivity index (χ0v) is 15.3. The van der Waals surface area contributed by atoms with Gasteiger partial charge in [-0.05, 0) is 29.7 Å². The second-order valence-corrected chi connectivity index (χ2v) is 6.83. The molecule has 0 bridgehead atoms. The Labute approximate surface area is 159 Å². The average Bonchev–Trinajstić information content (AvgIpc) is 3.04. The van der Waals surface area contributed by atoms with Gasteiger partial charge in [0.15, 0.2) is 5.16 Å². The van der Waals surface area contributed by atoms with Crippen molar-refractivity contribution in [3.8, 4) is 0 Å². The van der Waals surface area contributed by atoms with Gasteiger partial charge >= 0.3 is 5.69 Å². The van der Waals surface area contributed by atoms with E-state index in [0.29, 0.717) is 24.7 Å². The Morgan fingerprint density at radius 3 is 2.59 bits per heavy atom. The minimum Gasteiger partial charge on any atom is -0.351 e. The van der Waals surface area contributed by atoms with E-state index in [1.807, 2.05) is 30.3 Å². The number of aryl methyl sites for hydroxylation is 1. The second kappa shape index (κ2) is 9.18. The lowest BCUT2D eigenvalue weighted by Crippen LogP contribution is -2.25. The molecule has 27 heavy (non-hydrogen) atoms. The third kappa shape index (κ3) is 5.55. The van der Waals surface area contributed by atoms with Crippen molar-refractivity contribution in [1.82, 2.24) is 20.1 Å². The van der Waals surface area contributed by atoms with Crippen molar-refractivity contribution in [2.75, 3.05) is 5.75 Å². The SMILES string of the molecule is O=C(CSc1n[nH]c(=O)n1CCc1ccccc1)NCc1ccc(F)cc1. The van der Waals surface area contributed by atoms with Gasteiger partial charge in [0.05, 0.1) is 5.75 Å². The van der Waals surface area contributed by atoms with E-state index in [1.165, 1.54) is 28.5 Å². The fourth-order valence-electron chi connectivity index (χ4n) is 2.48. The topological polar surface area (TPSA) is 79.8 Å². The molecule has 0 unspecified atom stereocenters. The highest BCUT2D eigenvalue weighted by atomic mass is 32.2. The lowest BCUT2D eigenvalue weighted by Gasteiger charge is -2.07. The maximum atomic E-state index is 12.9. The zero-order valence-electron chi connectivity index (χ0n) is 14.5. The molecule has 2 aromatic carbocycles. The Morgan fingerprint density at radius 2 is 1.85 bits per heavy atom. The fourth-order valence-corrected chi connectivity index (χ4v) is 3.28. The lowest BCUT2D eigenvalue weighted by atomic mass is 10.1. The number of aromatic amines is 1. The summed E-state index contributed by atoms with van der Waals surface area (Å²) in [6.45, 7) is 0.805. The highest BCUT2D eigenvalue weighted by Gasteiger charge is 2.11. The Bertz CT molecular complexity index is 938. The van der Waals surface area contributed by atoms with Crippen LogP contribution in [0.2, 0.25) is 0 Å². The molecule has 0 atom stereocenters. The molecule has 3 aromatic rings. The van der Waals surface area contributed by atoms with Crippen LogP contribution >= 0.6 is 11.8 Å². The summed E-state index contributed by atoms with van der Waals surface area (Å²) in [4.78, 5) is 24.0. The fraction of sp³-hybridized carbons (Fsp3) is 0.211. The minimum absolute atomic E-state index is 0.136. The summed E-state index contributed by atoms with van der Waals surface area (Å²) in [5.41, 5.74) is 1.65. The quantitative estimate of drug-likeness (QED) is 0.583. The second-order valence-electron chi connectivity index (χ2n) is 5.89. The Balaban J connectivity index is 1.51. The number of hydrogen-bond acceptors (Lipinski definition) is 4. The molecule has 1 aromatic heterocycles. The summed E-state index contributed by atoms with van der Waals surface area (Å²) >= 11 is 1.20. The van der Waals surface area contributed by atoms with E-state index >= 15 is 0 Å². The van der Waals surface area contributed by atoms with Crippen LogP contribution in [0.15, 0.2) is 64.5 Å². The van der Waals surface area contributed by atoms with Crippen LogP contribution in [-0.2, 0) is 24.3 Å². The number of thioether (sulfide) groups is 1. The number of rotatable bonds is 8. The first kappa shape index (κ1) is 18.9. The van der Waals surface area contributed by atoms with Gasteiger partial charge in [0.2, 0.25) is 5.91 Å². The molecule has 2 N–H and O–H groups in total. The number of benzene rings is 2. The number of aromatic nitrogens is 3. The normalized spacial score (nSPS) is 10.7. The van der Waals surface area contributed by atoms with Gasteiger partial charge in [-0.2, -0.15) is 0 Å². The van der Waals surface area contributed by atoms with Crippen molar-refractivity contribution in [2.45, 2.75) is 24.7 Å². The van der Waals surface area contributed by atoms with Crippen LogP contribution in [0.5, 0.6) is 0 Å². The van der Waals surface area contributed by atoms with Gasteiger partial charge < -0.3 is 5.32 Å². The predicted molar refractivity (Wildman–Crippen MR) is 102 cm³/mol. The number of nitrogens with one attached hydrogen (secondary N) is 2. The van der Waals surface area contributed by atoms with Gasteiger partial charge in [-0.3, -0.25) is 9.36 Å². The molecule has 0 saturated carbocycles. The molecular formula is C19H19FN4O2S. The first-order valence-electron chi connectivity index (χ1n) is 8.45. The largest absolute Gasteiger partial charge is 0.351 e.